The zero-order valence-electron chi connectivity index (χ0n) is 12.3. The average Bonchev–Trinajstić information content (AvgIpc) is 2.58. The molecule has 1 amide bonds. The van der Waals surface area contributed by atoms with Crippen molar-refractivity contribution in [3.8, 4) is 11.8 Å². The summed E-state index contributed by atoms with van der Waals surface area (Å²) in [4.78, 5) is 12.1. The molecule has 0 saturated carbocycles. The summed E-state index contributed by atoms with van der Waals surface area (Å²) in [5, 5.41) is 15.3. The summed E-state index contributed by atoms with van der Waals surface area (Å²) in [5.74, 6) is 0.183. The van der Waals surface area contributed by atoms with Crippen molar-refractivity contribution in [2.75, 3.05) is 17.7 Å². The van der Waals surface area contributed by atoms with Gasteiger partial charge in [0.2, 0.25) is 0 Å². The first kappa shape index (κ1) is 16.4. The molecule has 0 aliphatic heterocycles. The third-order valence-electron chi connectivity index (χ3n) is 2.94. The highest BCUT2D eigenvalue weighted by molar-refractivity contribution is 6.30. The van der Waals surface area contributed by atoms with Crippen LogP contribution >= 0.6 is 11.6 Å². The summed E-state index contributed by atoms with van der Waals surface area (Å²) in [6, 6.07) is 15.6. The van der Waals surface area contributed by atoms with Gasteiger partial charge in [0.1, 0.15) is 17.4 Å². The van der Waals surface area contributed by atoms with Crippen molar-refractivity contribution in [3.05, 3.63) is 65.3 Å². The molecular formula is C17H14ClN3O2. The molecule has 23 heavy (non-hydrogen) atoms. The van der Waals surface area contributed by atoms with Crippen LogP contribution in [0.5, 0.6) is 5.75 Å². The quantitative estimate of drug-likeness (QED) is 0.647. The van der Waals surface area contributed by atoms with Gasteiger partial charge in [0.15, 0.2) is 0 Å². The van der Waals surface area contributed by atoms with E-state index in [2.05, 4.69) is 10.6 Å². The van der Waals surface area contributed by atoms with Crippen LogP contribution in [-0.4, -0.2) is 13.0 Å². The Kier molecular flexibility index (Phi) is 5.61. The Hall–Kier alpha value is -2.97. The minimum atomic E-state index is -0.501. The molecular weight excluding hydrogens is 314 g/mol. The van der Waals surface area contributed by atoms with Crippen LogP contribution in [0.4, 0.5) is 11.4 Å². The van der Waals surface area contributed by atoms with Gasteiger partial charge in [-0.05, 0) is 48.5 Å². The number of carbonyl (C=O) groups excluding carboxylic acids is 1. The number of hydrogen-bond acceptors (Lipinski definition) is 4. The van der Waals surface area contributed by atoms with Crippen molar-refractivity contribution in [1.82, 2.24) is 0 Å². The Morgan fingerprint density at radius 2 is 1.74 bits per heavy atom. The van der Waals surface area contributed by atoms with E-state index in [1.54, 1.807) is 55.6 Å². The van der Waals surface area contributed by atoms with Crippen LogP contribution in [0.1, 0.15) is 0 Å². The lowest BCUT2D eigenvalue weighted by atomic mass is 10.2. The monoisotopic (exact) mass is 327 g/mol. The van der Waals surface area contributed by atoms with Crippen molar-refractivity contribution < 1.29 is 9.53 Å². The molecule has 0 aliphatic carbocycles. The molecule has 0 atom stereocenters. The lowest BCUT2D eigenvalue weighted by molar-refractivity contribution is -0.112. The summed E-state index contributed by atoms with van der Waals surface area (Å²) in [6.07, 6.45) is 1.35. The largest absolute Gasteiger partial charge is 0.497 e. The number of anilines is 2. The predicted octanol–water partition coefficient (Wildman–Crippen LogP) is 3.81. The minimum Gasteiger partial charge on any atom is -0.497 e. The number of amides is 1. The van der Waals surface area contributed by atoms with Gasteiger partial charge in [-0.15, -0.1) is 0 Å². The van der Waals surface area contributed by atoms with Crippen LogP contribution in [0.15, 0.2) is 60.3 Å². The number of nitrogens with zero attached hydrogens (tertiary/aromatic N) is 1. The molecule has 6 heteroatoms. The van der Waals surface area contributed by atoms with E-state index < -0.39 is 5.91 Å². The fourth-order valence-electron chi connectivity index (χ4n) is 1.72. The summed E-state index contributed by atoms with van der Waals surface area (Å²) >= 11 is 5.80. The number of nitriles is 1. The maximum Gasteiger partial charge on any atom is 0.267 e. The summed E-state index contributed by atoms with van der Waals surface area (Å²) in [6.45, 7) is 0. The summed E-state index contributed by atoms with van der Waals surface area (Å²) in [7, 11) is 1.56. The van der Waals surface area contributed by atoms with Crippen LogP contribution in [0.3, 0.4) is 0 Å². The number of hydrogen-bond donors (Lipinski definition) is 2. The van der Waals surface area contributed by atoms with E-state index in [0.29, 0.717) is 16.5 Å². The van der Waals surface area contributed by atoms with E-state index in [1.165, 1.54) is 6.20 Å². The zero-order valence-corrected chi connectivity index (χ0v) is 13.1. The number of halogens is 1. The molecule has 0 spiro atoms. The van der Waals surface area contributed by atoms with Crippen LogP contribution < -0.4 is 15.4 Å². The lowest BCUT2D eigenvalue weighted by Crippen LogP contribution is -2.14. The highest BCUT2D eigenvalue weighted by Crippen LogP contribution is 2.16. The number of carbonyl (C=O) groups is 1. The van der Waals surface area contributed by atoms with Crippen molar-refractivity contribution in [1.29, 1.82) is 5.26 Å². The van der Waals surface area contributed by atoms with Crippen molar-refractivity contribution in [2.24, 2.45) is 0 Å². The highest BCUT2D eigenvalue weighted by Gasteiger charge is 2.09. The summed E-state index contributed by atoms with van der Waals surface area (Å²) < 4.78 is 5.04. The van der Waals surface area contributed by atoms with E-state index in [4.69, 9.17) is 21.6 Å². The van der Waals surface area contributed by atoms with Crippen molar-refractivity contribution >= 4 is 28.9 Å². The predicted molar refractivity (Wildman–Crippen MR) is 90.4 cm³/mol. The Morgan fingerprint density at radius 3 is 2.30 bits per heavy atom. The Balaban J connectivity index is 2.03. The molecule has 2 N–H and O–H groups in total. The number of benzene rings is 2. The van der Waals surface area contributed by atoms with Gasteiger partial charge < -0.3 is 15.4 Å². The molecule has 116 valence electrons. The standard InChI is InChI=1S/C17H14ClN3O2/c1-23-16-8-6-15(7-9-16)21-17(22)12(10-19)11-20-14-4-2-13(18)3-5-14/h2-9,11,20H,1H3,(H,21,22)/b12-11-. The van der Waals surface area contributed by atoms with Gasteiger partial charge in [-0.1, -0.05) is 11.6 Å². The normalized spacial score (nSPS) is 10.6. The highest BCUT2D eigenvalue weighted by atomic mass is 35.5. The fraction of sp³-hybridized carbons (Fsp3) is 0.0588. The van der Waals surface area contributed by atoms with Crippen LogP contribution in [0.25, 0.3) is 0 Å². The Labute approximate surface area is 139 Å². The van der Waals surface area contributed by atoms with Gasteiger partial charge >= 0.3 is 0 Å². The van der Waals surface area contributed by atoms with E-state index in [1.807, 2.05) is 6.07 Å². The Morgan fingerprint density at radius 1 is 1.13 bits per heavy atom. The van der Waals surface area contributed by atoms with E-state index in [0.717, 1.165) is 5.69 Å². The molecule has 0 unspecified atom stereocenters. The molecule has 0 aromatic heterocycles. The molecule has 0 radical (unpaired) electrons. The molecule has 0 saturated heterocycles. The molecule has 5 nitrogen and oxygen atoms in total. The smallest absolute Gasteiger partial charge is 0.267 e. The molecule has 0 heterocycles. The topological polar surface area (TPSA) is 74.1 Å². The molecule has 0 fully saturated rings. The van der Waals surface area contributed by atoms with Crippen LogP contribution in [-0.2, 0) is 4.79 Å². The average molecular weight is 328 g/mol. The van der Waals surface area contributed by atoms with E-state index in [-0.39, 0.29) is 5.57 Å². The molecule has 0 bridgehead atoms. The molecule has 2 rings (SSSR count). The van der Waals surface area contributed by atoms with Gasteiger partial charge in [0, 0.05) is 22.6 Å². The number of nitrogens with one attached hydrogen (secondary N) is 2. The first-order chi connectivity index (χ1) is 11.1. The van der Waals surface area contributed by atoms with Crippen molar-refractivity contribution in [2.45, 2.75) is 0 Å². The van der Waals surface area contributed by atoms with Gasteiger partial charge in [-0.25, -0.2) is 0 Å². The fourth-order valence-corrected chi connectivity index (χ4v) is 1.85. The van der Waals surface area contributed by atoms with Gasteiger partial charge in [0.25, 0.3) is 5.91 Å². The molecule has 2 aromatic carbocycles. The Bertz CT molecular complexity index is 747. The maximum atomic E-state index is 12.1. The SMILES string of the molecule is COc1ccc(NC(=O)/C(C#N)=C\Nc2ccc(Cl)cc2)cc1. The first-order valence-corrected chi connectivity index (χ1v) is 7.08. The number of ether oxygens (including phenoxy) is 1. The molecule has 2 aromatic rings. The van der Waals surface area contributed by atoms with Gasteiger partial charge in [0.05, 0.1) is 7.11 Å². The maximum absolute atomic E-state index is 12.1. The summed E-state index contributed by atoms with van der Waals surface area (Å²) in [5.41, 5.74) is 1.25. The first-order valence-electron chi connectivity index (χ1n) is 6.70. The molecule has 0 aliphatic rings. The van der Waals surface area contributed by atoms with Crippen LogP contribution in [0.2, 0.25) is 5.02 Å². The number of rotatable bonds is 5. The third kappa shape index (κ3) is 4.77. The van der Waals surface area contributed by atoms with Gasteiger partial charge in [-0.3, -0.25) is 4.79 Å². The lowest BCUT2D eigenvalue weighted by Gasteiger charge is -2.06. The second-order valence-corrected chi connectivity index (χ2v) is 4.94. The van der Waals surface area contributed by atoms with Crippen LogP contribution in [0, 0.1) is 11.3 Å². The van der Waals surface area contributed by atoms with E-state index >= 15 is 0 Å². The zero-order chi connectivity index (χ0) is 16.7. The van der Waals surface area contributed by atoms with E-state index in [9.17, 15) is 4.79 Å². The third-order valence-corrected chi connectivity index (χ3v) is 3.19. The second kappa shape index (κ2) is 7.87. The van der Waals surface area contributed by atoms with Gasteiger partial charge in [-0.2, -0.15) is 5.26 Å². The second-order valence-electron chi connectivity index (χ2n) is 4.50. The number of methoxy groups -OCH3 is 1. The van der Waals surface area contributed by atoms with Crippen molar-refractivity contribution in [3.63, 3.8) is 0 Å². The minimum absolute atomic E-state index is 0.0456.